The number of rotatable bonds is 2. The van der Waals surface area contributed by atoms with Crippen molar-refractivity contribution in [2.45, 2.75) is 6.10 Å². The van der Waals surface area contributed by atoms with Crippen LogP contribution in [0.4, 0.5) is 13.9 Å². The van der Waals surface area contributed by atoms with Crippen LogP contribution in [0, 0.1) is 11.6 Å². The number of aliphatic hydroxyl groups excluding tert-OH is 1. The quantitative estimate of drug-likeness (QED) is 0.847. The van der Waals surface area contributed by atoms with Crippen LogP contribution in [-0.4, -0.2) is 10.1 Å². The van der Waals surface area contributed by atoms with E-state index < -0.39 is 17.7 Å². The van der Waals surface area contributed by atoms with Crippen molar-refractivity contribution in [3.8, 4) is 0 Å². The number of benzene rings is 1. The van der Waals surface area contributed by atoms with E-state index in [4.69, 9.17) is 5.73 Å². The summed E-state index contributed by atoms with van der Waals surface area (Å²) in [7, 11) is 0. The van der Waals surface area contributed by atoms with Gasteiger partial charge in [-0.05, 0) is 6.07 Å². The molecule has 0 saturated heterocycles. The summed E-state index contributed by atoms with van der Waals surface area (Å²) in [6, 6.07) is 3.01. The number of aromatic nitrogens is 1. The fourth-order valence-corrected chi connectivity index (χ4v) is 1.99. The maximum absolute atomic E-state index is 13.3. The fraction of sp³-hybridized carbons (Fsp3) is 0.100. The summed E-state index contributed by atoms with van der Waals surface area (Å²) in [4.78, 5) is 4.17. The highest BCUT2D eigenvalue weighted by Crippen LogP contribution is 2.29. The van der Waals surface area contributed by atoms with Crippen LogP contribution in [0.15, 0.2) is 24.4 Å². The summed E-state index contributed by atoms with van der Waals surface area (Å²) >= 11 is 1.06. The highest BCUT2D eigenvalue weighted by atomic mass is 32.1. The van der Waals surface area contributed by atoms with E-state index in [1.807, 2.05) is 0 Å². The molecule has 2 aromatic rings. The van der Waals surface area contributed by atoms with E-state index in [0.717, 1.165) is 23.5 Å². The van der Waals surface area contributed by atoms with Crippen LogP contribution in [0.1, 0.15) is 16.5 Å². The van der Waals surface area contributed by atoms with E-state index in [9.17, 15) is 13.9 Å². The summed E-state index contributed by atoms with van der Waals surface area (Å²) in [6.45, 7) is 0. The van der Waals surface area contributed by atoms with Crippen molar-refractivity contribution in [2.24, 2.45) is 0 Å². The van der Waals surface area contributed by atoms with Crippen LogP contribution < -0.4 is 5.73 Å². The summed E-state index contributed by atoms with van der Waals surface area (Å²) in [5.41, 5.74) is 5.40. The average Bonchev–Trinajstić information content (AvgIpc) is 2.64. The van der Waals surface area contributed by atoms with Gasteiger partial charge in [0, 0.05) is 17.8 Å². The Labute approximate surface area is 94.2 Å². The summed E-state index contributed by atoms with van der Waals surface area (Å²) < 4.78 is 26.0. The second-order valence-electron chi connectivity index (χ2n) is 3.17. The van der Waals surface area contributed by atoms with Gasteiger partial charge in [0.1, 0.15) is 17.7 Å². The first kappa shape index (κ1) is 11.0. The highest BCUT2D eigenvalue weighted by molar-refractivity contribution is 7.15. The normalized spacial score (nSPS) is 12.7. The molecule has 0 fully saturated rings. The number of nitrogen functional groups attached to an aromatic ring is 1. The zero-order chi connectivity index (χ0) is 11.7. The molecular formula is C10H8F2N2OS. The molecule has 6 heteroatoms. The molecule has 0 radical (unpaired) electrons. The lowest BCUT2D eigenvalue weighted by Gasteiger charge is -2.09. The number of halogens is 2. The number of hydrogen-bond acceptors (Lipinski definition) is 4. The average molecular weight is 242 g/mol. The van der Waals surface area contributed by atoms with Crippen LogP contribution in [0.25, 0.3) is 0 Å². The van der Waals surface area contributed by atoms with Gasteiger partial charge in [0.05, 0.1) is 4.88 Å². The van der Waals surface area contributed by atoms with Crippen molar-refractivity contribution < 1.29 is 13.9 Å². The molecule has 1 heterocycles. The molecular weight excluding hydrogens is 234 g/mol. The third kappa shape index (κ3) is 2.02. The minimum Gasteiger partial charge on any atom is -0.383 e. The SMILES string of the molecule is Nc1ncc(C(O)c2ccc(F)cc2F)s1. The van der Waals surface area contributed by atoms with Gasteiger partial charge in [-0.2, -0.15) is 0 Å². The van der Waals surface area contributed by atoms with Gasteiger partial charge in [-0.15, -0.1) is 0 Å². The van der Waals surface area contributed by atoms with E-state index in [-0.39, 0.29) is 10.7 Å². The van der Waals surface area contributed by atoms with Gasteiger partial charge in [-0.3, -0.25) is 0 Å². The van der Waals surface area contributed by atoms with Crippen LogP contribution in [-0.2, 0) is 0 Å². The molecule has 0 amide bonds. The standard InChI is InChI=1S/C10H8F2N2OS/c11-5-1-2-6(7(12)3-5)9(15)8-4-14-10(13)16-8/h1-4,9,15H,(H2,13,14). The van der Waals surface area contributed by atoms with E-state index >= 15 is 0 Å². The molecule has 0 spiro atoms. The lowest BCUT2D eigenvalue weighted by atomic mass is 10.1. The van der Waals surface area contributed by atoms with Crippen molar-refractivity contribution in [2.75, 3.05) is 5.73 Å². The third-order valence-corrected chi connectivity index (χ3v) is 2.95. The largest absolute Gasteiger partial charge is 0.383 e. The molecule has 0 saturated carbocycles. The predicted octanol–water partition coefficient (Wildman–Crippen LogP) is 2.09. The van der Waals surface area contributed by atoms with Gasteiger partial charge < -0.3 is 10.8 Å². The van der Waals surface area contributed by atoms with Crippen molar-refractivity contribution in [1.29, 1.82) is 0 Å². The topological polar surface area (TPSA) is 59.1 Å². The molecule has 0 bridgehead atoms. The number of anilines is 1. The van der Waals surface area contributed by atoms with Gasteiger partial charge in [0.25, 0.3) is 0 Å². The molecule has 0 aliphatic carbocycles. The van der Waals surface area contributed by atoms with E-state index in [1.54, 1.807) is 0 Å². The van der Waals surface area contributed by atoms with Crippen LogP contribution >= 0.6 is 11.3 Å². The maximum atomic E-state index is 13.3. The Balaban J connectivity index is 2.37. The molecule has 0 aliphatic heterocycles. The van der Waals surface area contributed by atoms with Crippen LogP contribution in [0.5, 0.6) is 0 Å². The molecule has 1 aromatic carbocycles. The first-order valence-corrected chi connectivity index (χ1v) is 5.24. The summed E-state index contributed by atoms with van der Waals surface area (Å²) in [6.07, 6.45) is 0.198. The Morgan fingerprint density at radius 2 is 2.12 bits per heavy atom. The third-order valence-electron chi connectivity index (χ3n) is 2.07. The highest BCUT2D eigenvalue weighted by Gasteiger charge is 2.17. The Hall–Kier alpha value is -1.53. The number of nitrogens with two attached hydrogens (primary N) is 1. The Morgan fingerprint density at radius 1 is 1.38 bits per heavy atom. The van der Waals surface area contributed by atoms with Crippen LogP contribution in [0.3, 0.4) is 0 Å². The van der Waals surface area contributed by atoms with E-state index in [0.29, 0.717) is 4.88 Å². The Bertz CT molecular complexity index is 515. The minimum atomic E-state index is -1.17. The zero-order valence-electron chi connectivity index (χ0n) is 8.02. The van der Waals surface area contributed by atoms with Gasteiger partial charge in [0.15, 0.2) is 5.13 Å². The Kier molecular flexibility index (Phi) is 2.84. The molecule has 3 nitrogen and oxygen atoms in total. The number of thiazole rings is 1. The minimum absolute atomic E-state index is 0.00468. The molecule has 3 N–H and O–H groups in total. The zero-order valence-corrected chi connectivity index (χ0v) is 8.84. The van der Waals surface area contributed by atoms with Crippen molar-refractivity contribution >= 4 is 16.5 Å². The lowest BCUT2D eigenvalue weighted by Crippen LogP contribution is -2.01. The van der Waals surface area contributed by atoms with Crippen molar-refractivity contribution in [3.63, 3.8) is 0 Å². The predicted molar refractivity (Wildman–Crippen MR) is 56.9 cm³/mol. The summed E-state index contributed by atoms with van der Waals surface area (Å²) in [5, 5.41) is 10.1. The van der Waals surface area contributed by atoms with Crippen LogP contribution in [0.2, 0.25) is 0 Å². The maximum Gasteiger partial charge on any atom is 0.180 e. The number of hydrogen-bond donors (Lipinski definition) is 2. The molecule has 2 rings (SSSR count). The second kappa shape index (κ2) is 4.15. The molecule has 16 heavy (non-hydrogen) atoms. The molecule has 84 valence electrons. The van der Waals surface area contributed by atoms with Crippen molar-refractivity contribution in [1.82, 2.24) is 4.98 Å². The van der Waals surface area contributed by atoms with Gasteiger partial charge in [0.2, 0.25) is 0 Å². The molecule has 1 aromatic heterocycles. The lowest BCUT2D eigenvalue weighted by molar-refractivity contribution is 0.218. The Morgan fingerprint density at radius 3 is 2.69 bits per heavy atom. The molecule has 0 aliphatic rings. The van der Waals surface area contributed by atoms with E-state index in [2.05, 4.69) is 4.98 Å². The molecule has 1 atom stereocenters. The van der Waals surface area contributed by atoms with E-state index in [1.165, 1.54) is 12.3 Å². The van der Waals surface area contributed by atoms with Gasteiger partial charge in [-0.25, -0.2) is 13.8 Å². The number of aliphatic hydroxyl groups is 1. The van der Waals surface area contributed by atoms with Gasteiger partial charge >= 0.3 is 0 Å². The summed E-state index contributed by atoms with van der Waals surface area (Å²) in [5.74, 6) is -1.48. The fourth-order valence-electron chi connectivity index (χ4n) is 1.30. The number of nitrogens with zero attached hydrogens (tertiary/aromatic N) is 1. The monoisotopic (exact) mass is 242 g/mol. The molecule has 1 unspecified atom stereocenters. The smallest absolute Gasteiger partial charge is 0.180 e. The second-order valence-corrected chi connectivity index (χ2v) is 4.26. The van der Waals surface area contributed by atoms with Gasteiger partial charge in [-0.1, -0.05) is 17.4 Å². The first-order valence-electron chi connectivity index (χ1n) is 4.42. The van der Waals surface area contributed by atoms with Crippen molar-refractivity contribution in [3.05, 3.63) is 46.5 Å². The first-order chi connectivity index (χ1) is 7.58.